The van der Waals surface area contributed by atoms with E-state index >= 15 is 0 Å². The summed E-state index contributed by atoms with van der Waals surface area (Å²) in [5, 5.41) is 0. The largest absolute Gasteiger partial charge is 0.375 e. The maximum absolute atomic E-state index is 4.25. The normalized spacial score (nSPS) is 10.7. The molecule has 1 N–H and O–H groups in total. The third-order valence-corrected chi connectivity index (χ3v) is 2.39. The molecule has 0 spiro atoms. The SMILES string of the molecule is CN(C)c1c[nH]c2scnc12. The molecule has 0 atom stereocenters. The Morgan fingerprint density at radius 3 is 3.09 bits per heavy atom. The van der Waals surface area contributed by atoms with E-state index in [-0.39, 0.29) is 0 Å². The Bertz CT molecular complexity index is 360. The molecule has 0 bridgehead atoms. The molecule has 2 heterocycles. The van der Waals surface area contributed by atoms with Crippen LogP contribution in [-0.2, 0) is 0 Å². The van der Waals surface area contributed by atoms with Crippen molar-refractivity contribution in [2.45, 2.75) is 0 Å². The van der Waals surface area contributed by atoms with Crippen LogP contribution in [0.3, 0.4) is 0 Å². The Morgan fingerprint density at radius 2 is 2.36 bits per heavy atom. The molecule has 0 aliphatic rings. The van der Waals surface area contributed by atoms with Crippen molar-refractivity contribution < 1.29 is 0 Å². The first-order valence-corrected chi connectivity index (χ1v) is 4.25. The minimum Gasteiger partial charge on any atom is -0.375 e. The average Bonchev–Trinajstić information content (AvgIpc) is 2.41. The summed E-state index contributed by atoms with van der Waals surface area (Å²) < 4.78 is 0. The van der Waals surface area contributed by atoms with E-state index in [1.807, 2.05) is 25.8 Å². The summed E-state index contributed by atoms with van der Waals surface area (Å²) in [6, 6.07) is 0. The summed E-state index contributed by atoms with van der Waals surface area (Å²) >= 11 is 1.63. The molecule has 0 unspecified atom stereocenters. The molecular weight excluding hydrogens is 158 g/mol. The van der Waals surface area contributed by atoms with E-state index < -0.39 is 0 Å². The van der Waals surface area contributed by atoms with Gasteiger partial charge in [0.1, 0.15) is 10.3 Å². The highest BCUT2D eigenvalue weighted by Crippen LogP contribution is 2.25. The van der Waals surface area contributed by atoms with E-state index in [1.54, 1.807) is 11.3 Å². The third kappa shape index (κ3) is 0.903. The summed E-state index contributed by atoms with van der Waals surface area (Å²) in [4.78, 5) is 10.6. The summed E-state index contributed by atoms with van der Waals surface area (Å²) in [6.07, 6.45) is 1.98. The lowest BCUT2D eigenvalue weighted by Gasteiger charge is -2.07. The highest BCUT2D eigenvalue weighted by molar-refractivity contribution is 7.16. The number of rotatable bonds is 1. The number of H-pyrrole nitrogens is 1. The molecule has 0 fully saturated rings. The Labute approximate surface area is 68.7 Å². The van der Waals surface area contributed by atoms with Crippen LogP contribution in [0.5, 0.6) is 0 Å². The number of fused-ring (bicyclic) bond motifs is 1. The van der Waals surface area contributed by atoms with Crippen LogP contribution in [0.25, 0.3) is 10.3 Å². The van der Waals surface area contributed by atoms with Gasteiger partial charge < -0.3 is 9.88 Å². The topological polar surface area (TPSA) is 31.9 Å². The Morgan fingerprint density at radius 1 is 1.55 bits per heavy atom. The molecule has 0 amide bonds. The van der Waals surface area contributed by atoms with Crippen LogP contribution < -0.4 is 4.90 Å². The van der Waals surface area contributed by atoms with Gasteiger partial charge in [0.15, 0.2) is 0 Å². The standard InChI is InChI=1S/C7H9N3S/c1-10(2)5-3-8-7-6(5)9-4-11-7/h3-4,8H,1-2H3. The van der Waals surface area contributed by atoms with Gasteiger partial charge in [0.05, 0.1) is 11.2 Å². The number of nitrogens with zero attached hydrogens (tertiary/aromatic N) is 2. The molecule has 0 aliphatic carbocycles. The van der Waals surface area contributed by atoms with Gasteiger partial charge in [-0.15, -0.1) is 11.3 Å². The number of anilines is 1. The second-order valence-electron chi connectivity index (χ2n) is 2.60. The predicted molar refractivity (Wildman–Crippen MR) is 48.3 cm³/mol. The lowest BCUT2D eigenvalue weighted by Crippen LogP contribution is -2.07. The first kappa shape index (κ1) is 6.67. The van der Waals surface area contributed by atoms with Gasteiger partial charge in [-0.2, -0.15) is 0 Å². The molecular formula is C7H9N3S. The van der Waals surface area contributed by atoms with Crippen molar-refractivity contribution in [1.82, 2.24) is 9.97 Å². The van der Waals surface area contributed by atoms with E-state index in [2.05, 4.69) is 14.9 Å². The van der Waals surface area contributed by atoms with Crippen molar-refractivity contribution >= 4 is 27.4 Å². The molecule has 58 valence electrons. The maximum atomic E-state index is 4.25. The fraction of sp³-hybridized carbons (Fsp3) is 0.286. The Kier molecular flexibility index (Phi) is 1.35. The fourth-order valence-electron chi connectivity index (χ4n) is 1.07. The van der Waals surface area contributed by atoms with Crippen molar-refractivity contribution in [3.05, 3.63) is 11.7 Å². The lowest BCUT2D eigenvalue weighted by atomic mass is 10.4. The van der Waals surface area contributed by atoms with Crippen LogP contribution >= 0.6 is 11.3 Å². The van der Waals surface area contributed by atoms with E-state index in [4.69, 9.17) is 0 Å². The zero-order valence-electron chi connectivity index (χ0n) is 6.46. The summed E-state index contributed by atoms with van der Waals surface area (Å²) in [7, 11) is 4.03. The van der Waals surface area contributed by atoms with Gasteiger partial charge in [0.2, 0.25) is 0 Å². The second kappa shape index (κ2) is 2.23. The van der Waals surface area contributed by atoms with Gasteiger partial charge in [-0.25, -0.2) is 4.98 Å². The number of aromatic amines is 1. The number of hydrogen-bond donors (Lipinski definition) is 1. The van der Waals surface area contributed by atoms with E-state index in [1.165, 1.54) is 0 Å². The molecule has 0 aliphatic heterocycles. The fourth-order valence-corrected chi connectivity index (χ4v) is 1.73. The first-order chi connectivity index (χ1) is 5.29. The lowest BCUT2D eigenvalue weighted by molar-refractivity contribution is 1.14. The van der Waals surface area contributed by atoms with E-state index in [0.717, 1.165) is 16.0 Å². The molecule has 2 rings (SSSR count). The minimum absolute atomic E-state index is 1.07. The quantitative estimate of drug-likeness (QED) is 0.701. The Balaban J connectivity index is 2.68. The molecule has 0 radical (unpaired) electrons. The number of thiazole rings is 1. The Hall–Kier alpha value is -1.03. The maximum Gasteiger partial charge on any atom is 0.123 e. The van der Waals surface area contributed by atoms with Crippen LogP contribution in [0.4, 0.5) is 5.69 Å². The molecule has 2 aromatic rings. The van der Waals surface area contributed by atoms with Crippen molar-refractivity contribution in [2.75, 3.05) is 19.0 Å². The predicted octanol–water partition coefficient (Wildman–Crippen LogP) is 1.69. The molecule has 3 nitrogen and oxygen atoms in total. The van der Waals surface area contributed by atoms with Crippen LogP contribution in [0, 0.1) is 0 Å². The monoisotopic (exact) mass is 167 g/mol. The van der Waals surface area contributed by atoms with Gasteiger partial charge in [0.25, 0.3) is 0 Å². The van der Waals surface area contributed by atoms with Gasteiger partial charge >= 0.3 is 0 Å². The molecule has 4 heteroatoms. The van der Waals surface area contributed by atoms with Crippen LogP contribution in [0.1, 0.15) is 0 Å². The summed E-state index contributed by atoms with van der Waals surface area (Å²) in [5.41, 5.74) is 4.08. The van der Waals surface area contributed by atoms with Gasteiger partial charge in [0, 0.05) is 20.3 Å². The molecule has 0 aromatic carbocycles. The summed E-state index contributed by atoms with van der Waals surface area (Å²) in [6.45, 7) is 0. The number of nitrogens with one attached hydrogen (secondary N) is 1. The van der Waals surface area contributed by atoms with Gasteiger partial charge in [-0.1, -0.05) is 0 Å². The molecule has 0 saturated carbocycles. The van der Waals surface area contributed by atoms with Crippen LogP contribution in [0.15, 0.2) is 11.7 Å². The van der Waals surface area contributed by atoms with Gasteiger partial charge in [-0.3, -0.25) is 0 Å². The highest BCUT2D eigenvalue weighted by Gasteiger charge is 2.06. The number of hydrogen-bond acceptors (Lipinski definition) is 3. The highest BCUT2D eigenvalue weighted by atomic mass is 32.1. The van der Waals surface area contributed by atoms with E-state index in [0.29, 0.717) is 0 Å². The van der Waals surface area contributed by atoms with Crippen molar-refractivity contribution in [3.8, 4) is 0 Å². The zero-order chi connectivity index (χ0) is 7.84. The van der Waals surface area contributed by atoms with Crippen molar-refractivity contribution in [3.63, 3.8) is 0 Å². The molecule has 11 heavy (non-hydrogen) atoms. The smallest absolute Gasteiger partial charge is 0.123 e. The molecule has 2 aromatic heterocycles. The van der Waals surface area contributed by atoms with Crippen LogP contribution in [-0.4, -0.2) is 24.1 Å². The first-order valence-electron chi connectivity index (χ1n) is 3.37. The minimum atomic E-state index is 1.07. The third-order valence-electron chi connectivity index (χ3n) is 1.63. The van der Waals surface area contributed by atoms with Crippen LogP contribution in [0.2, 0.25) is 0 Å². The number of aromatic nitrogens is 2. The summed E-state index contributed by atoms with van der Waals surface area (Å²) in [5.74, 6) is 0. The average molecular weight is 167 g/mol. The van der Waals surface area contributed by atoms with E-state index in [9.17, 15) is 0 Å². The van der Waals surface area contributed by atoms with Crippen molar-refractivity contribution in [2.24, 2.45) is 0 Å². The van der Waals surface area contributed by atoms with Crippen molar-refractivity contribution in [1.29, 1.82) is 0 Å². The van der Waals surface area contributed by atoms with Gasteiger partial charge in [-0.05, 0) is 0 Å². The second-order valence-corrected chi connectivity index (χ2v) is 3.45. The molecule has 0 saturated heterocycles. The zero-order valence-corrected chi connectivity index (χ0v) is 7.27.